The number of aryl methyl sites for hydroxylation is 1. The molecule has 0 bridgehead atoms. The smallest absolute Gasteiger partial charge is 0.220 e. The molecule has 1 heterocycles. The van der Waals surface area contributed by atoms with Crippen molar-refractivity contribution in [1.29, 1.82) is 0 Å². The molecular formula is C33H53N2O3+. The summed E-state index contributed by atoms with van der Waals surface area (Å²) in [6.45, 7) is 0.863. The quantitative estimate of drug-likeness (QED) is 0.110. The number of carbonyl (C=O) groups is 1. The predicted octanol–water partition coefficient (Wildman–Crippen LogP) is 6.82. The Bertz CT molecular complexity index is 816. The van der Waals surface area contributed by atoms with Gasteiger partial charge in [-0.1, -0.05) is 120 Å². The Morgan fingerprint density at radius 2 is 1.11 bits per heavy atom. The van der Waals surface area contributed by atoms with Crippen LogP contribution in [0.2, 0.25) is 0 Å². The largest absolute Gasteiger partial charge is 0.394 e. The minimum Gasteiger partial charge on any atom is -0.394 e. The van der Waals surface area contributed by atoms with Crippen molar-refractivity contribution in [1.82, 2.24) is 5.32 Å². The molecule has 0 saturated heterocycles. The summed E-state index contributed by atoms with van der Waals surface area (Å²) in [5.74, 6) is -0.0961. The van der Waals surface area contributed by atoms with Crippen molar-refractivity contribution in [3.8, 4) is 0 Å². The van der Waals surface area contributed by atoms with Crippen LogP contribution in [0.5, 0.6) is 0 Å². The van der Waals surface area contributed by atoms with E-state index in [4.69, 9.17) is 0 Å². The van der Waals surface area contributed by atoms with Gasteiger partial charge in [-0.2, -0.15) is 0 Å². The second-order valence-corrected chi connectivity index (χ2v) is 10.7. The molecule has 5 nitrogen and oxygen atoms in total. The average Bonchev–Trinajstić information content (AvgIpc) is 2.96. The maximum atomic E-state index is 12.2. The lowest BCUT2D eigenvalue weighted by atomic mass is 10.0. The minimum absolute atomic E-state index is 0.0961. The lowest BCUT2D eigenvalue weighted by Crippen LogP contribution is -2.41. The van der Waals surface area contributed by atoms with E-state index in [1.165, 1.54) is 89.9 Å². The van der Waals surface area contributed by atoms with Crippen LogP contribution >= 0.6 is 0 Å². The second-order valence-electron chi connectivity index (χ2n) is 10.7. The molecule has 0 fully saturated rings. The van der Waals surface area contributed by atoms with Crippen molar-refractivity contribution in [2.24, 2.45) is 0 Å². The molecule has 0 saturated carbocycles. The van der Waals surface area contributed by atoms with E-state index in [-0.39, 0.29) is 12.5 Å². The Kier molecular flexibility index (Phi) is 18.2. The van der Waals surface area contributed by atoms with Gasteiger partial charge in [0.2, 0.25) is 5.91 Å². The highest BCUT2D eigenvalue weighted by atomic mass is 16.3. The summed E-state index contributed by atoms with van der Waals surface area (Å²) >= 11 is 0. The molecule has 1 aromatic carbocycles. The molecule has 38 heavy (non-hydrogen) atoms. The third-order valence-corrected chi connectivity index (χ3v) is 7.41. The molecule has 2 rings (SSSR count). The number of hydrogen-bond donors (Lipinski definition) is 3. The van der Waals surface area contributed by atoms with E-state index in [2.05, 4.69) is 40.5 Å². The molecule has 0 aliphatic carbocycles. The maximum absolute atomic E-state index is 12.2. The van der Waals surface area contributed by atoms with Crippen LogP contribution in [-0.2, 0) is 11.3 Å². The van der Waals surface area contributed by atoms with Crippen LogP contribution in [0.3, 0.4) is 0 Å². The predicted molar refractivity (Wildman–Crippen MR) is 156 cm³/mol. The van der Waals surface area contributed by atoms with E-state index in [9.17, 15) is 15.0 Å². The van der Waals surface area contributed by atoms with Gasteiger partial charge in [-0.05, 0) is 18.4 Å². The van der Waals surface area contributed by atoms with E-state index in [1.807, 2.05) is 18.2 Å². The molecular weight excluding hydrogens is 472 g/mol. The van der Waals surface area contributed by atoms with Crippen molar-refractivity contribution in [2.75, 3.05) is 6.61 Å². The molecule has 0 spiro atoms. The zero-order valence-electron chi connectivity index (χ0n) is 23.6. The average molecular weight is 526 g/mol. The van der Waals surface area contributed by atoms with E-state index in [0.29, 0.717) is 12.0 Å². The number of benzene rings is 1. The van der Waals surface area contributed by atoms with Crippen LogP contribution in [0.1, 0.15) is 121 Å². The van der Waals surface area contributed by atoms with Gasteiger partial charge in [-0.15, -0.1) is 0 Å². The van der Waals surface area contributed by atoms with Crippen LogP contribution in [0.15, 0.2) is 60.9 Å². The lowest BCUT2D eigenvalue weighted by Gasteiger charge is -2.22. The van der Waals surface area contributed by atoms with Crippen LogP contribution in [0.4, 0.5) is 0 Å². The van der Waals surface area contributed by atoms with Crippen LogP contribution in [0, 0.1) is 0 Å². The molecule has 212 valence electrons. The highest BCUT2D eigenvalue weighted by Crippen LogP contribution is 2.17. The Morgan fingerprint density at radius 3 is 1.61 bits per heavy atom. The third kappa shape index (κ3) is 15.2. The van der Waals surface area contributed by atoms with Gasteiger partial charge in [-0.25, -0.2) is 4.57 Å². The summed E-state index contributed by atoms with van der Waals surface area (Å²) in [6.07, 6.45) is 24.5. The van der Waals surface area contributed by atoms with Crippen LogP contribution in [0.25, 0.3) is 0 Å². The SMILES string of the molecule is O=C(CCCCCCCCCCCCCCCCCC[n+]1ccccc1)N[C@H](CO)[C@@H](O)c1ccccc1. The number of nitrogens with zero attached hydrogens (tertiary/aromatic N) is 1. The van der Waals surface area contributed by atoms with Gasteiger partial charge in [0.15, 0.2) is 12.4 Å². The van der Waals surface area contributed by atoms with Gasteiger partial charge < -0.3 is 15.5 Å². The number of aliphatic hydroxyl groups is 2. The fourth-order valence-corrected chi connectivity index (χ4v) is 5.02. The molecule has 1 aromatic heterocycles. The zero-order valence-corrected chi connectivity index (χ0v) is 23.6. The van der Waals surface area contributed by atoms with Gasteiger partial charge in [0, 0.05) is 25.0 Å². The highest BCUT2D eigenvalue weighted by molar-refractivity contribution is 5.76. The number of nitrogens with one attached hydrogen (secondary N) is 1. The van der Waals surface area contributed by atoms with E-state index < -0.39 is 12.1 Å². The zero-order chi connectivity index (χ0) is 27.1. The fraction of sp³-hybridized carbons (Fsp3) is 0.636. The van der Waals surface area contributed by atoms with Crippen molar-refractivity contribution >= 4 is 5.91 Å². The minimum atomic E-state index is -0.898. The van der Waals surface area contributed by atoms with Gasteiger partial charge in [-0.3, -0.25) is 4.79 Å². The second kappa shape index (κ2) is 21.7. The van der Waals surface area contributed by atoms with Crippen molar-refractivity contribution in [2.45, 2.75) is 128 Å². The summed E-state index contributed by atoms with van der Waals surface area (Å²) in [7, 11) is 0. The monoisotopic (exact) mass is 525 g/mol. The van der Waals surface area contributed by atoms with Crippen LogP contribution < -0.4 is 9.88 Å². The number of pyridine rings is 1. The number of aliphatic hydroxyl groups excluding tert-OH is 2. The Balaban J connectivity index is 1.31. The first kappa shape index (κ1) is 32.0. The third-order valence-electron chi connectivity index (χ3n) is 7.41. The van der Waals surface area contributed by atoms with Gasteiger partial charge in [0.1, 0.15) is 12.6 Å². The first-order chi connectivity index (χ1) is 18.7. The molecule has 2 aromatic rings. The number of carbonyl (C=O) groups excluding carboxylic acids is 1. The Morgan fingerprint density at radius 1 is 0.658 bits per heavy atom. The van der Waals surface area contributed by atoms with Gasteiger partial charge in [0.25, 0.3) is 0 Å². The number of hydrogen-bond acceptors (Lipinski definition) is 3. The molecule has 0 aliphatic heterocycles. The number of unbranched alkanes of at least 4 members (excludes halogenated alkanes) is 15. The summed E-state index contributed by atoms with van der Waals surface area (Å²) in [5.41, 5.74) is 0.701. The molecule has 0 radical (unpaired) electrons. The molecule has 1 amide bonds. The Labute approximate surface area is 231 Å². The van der Waals surface area contributed by atoms with E-state index >= 15 is 0 Å². The molecule has 3 N–H and O–H groups in total. The molecule has 0 aliphatic rings. The molecule has 0 unspecified atom stereocenters. The topological polar surface area (TPSA) is 73.4 Å². The van der Waals surface area contributed by atoms with Crippen LogP contribution in [-0.4, -0.2) is 28.8 Å². The van der Waals surface area contributed by atoms with Gasteiger partial charge >= 0.3 is 0 Å². The van der Waals surface area contributed by atoms with E-state index in [0.717, 1.165) is 19.4 Å². The summed E-state index contributed by atoms with van der Waals surface area (Å²) < 4.78 is 2.28. The maximum Gasteiger partial charge on any atom is 0.220 e. The normalized spacial score (nSPS) is 12.8. The first-order valence-electron chi connectivity index (χ1n) is 15.3. The first-order valence-corrected chi connectivity index (χ1v) is 15.3. The summed E-state index contributed by atoms with van der Waals surface area (Å²) in [5, 5.41) is 22.8. The molecule has 5 heteroatoms. The number of amides is 1. The number of rotatable bonds is 23. The standard InChI is InChI=1S/C33H52N2O3/c36-29-31(33(38)30-23-17-15-18-24-30)34-32(37)25-19-13-11-9-7-5-3-1-2-4-6-8-10-12-14-20-26-35-27-21-16-22-28-35/h15-18,21-24,27-28,31,33,36,38H,1-14,19-20,25-26,29H2/p+1/t31-,33+/m1/s1. The van der Waals surface area contributed by atoms with E-state index in [1.54, 1.807) is 12.1 Å². The molecule has 2 atom stereocenters. The number of aromatic nitrogens is 1. The highest BCUT2D eigenvalue weighted by Gasteiger charge is 2.21. The van der Waals surface area contributed by atoms with Crippen molar-refractivity contribution < 1.29 is 19.6 Å². The van der Waals surface area contributed by atoms with Crippen molar-refractivity contribution in [3.63, 3.8) is 0 Å². The Hall–Kier alpha value is -2.24. The van der Waals surface area contributed by atoms with Crippen molar-refractivity contribution in [3.05, 3.63) is 66.5 Å². The van der Waals surface area contributed by atoms with Gasteiger partial charge in [0.05, 0.1) is 12.6 Å². The summed E-state index contributed by atoms with van der Waals surface area (Å²) in [4.78, 5) is 12.2. The summed E-state index contributed by atoms with van der Waals surface area (Å²) in [6, 6.07) is 14.8. The lowest BCUT2D eigenvalue weighted by molar-refractivity contribution is -0.697. The fourth-order valence-electron chi connectivity index (χ4n) is 5.02.